The molecule has 192 valence electrons. The van der Waals surface area contributed by atoms with Crippen molar-refractivity contribution in [2.45, 2.75) is 78.2 Å². The first-order chi connectivity index (χ1) is 17.4. The first kappa shape index (κ1) is 24.8. The molecule has 6 nitrogen and oxygen atoms in total. The van der Waals surface area contributed by atoms with Crippen molar-refractivity contribution >= 4 is 21.8 Å². The van der Waals surface area contributed by atoms with Gasteiger partial charge in [0.05, 0.1) is 42.0 Å². The Morgan fingerprint density at radius 2 is 1.83 bits per heavy atom. The van der Waals surface area contributed by atoms with E-state index in [1.54, 1.807) is 14.2 Å². The molecule has 5 rings (SSSR count). The van der Waals surface area contributed by atoms with Crippen LogP contribution in [0.2, 0.25) is 0 Å². The second-order valence-electron chi connectivity index (χ2n) is 10.7. The summed E-state index contributed by atoms with van der Waals surface area (Å²) in [5.41, 5.74) is 6.38. The average Bonchev–Trinajstić information content (AvgIpc) is 3.40. The zero-order valence-electron chi connectivity index (χ0n) is 22.6. The molecule has 1 unspecified atom stereocenters. The summed E-state index contributed by atoms with van der Waals surface area (Å²) in [5.74, 6) is 2.99. The third kappa shape index (κ3) is 4.40. The van der Waals surface area contributed by atoms with Gasteiger partial charge in [0.15, 0.2) is 0 Å². The molecule has 3 heterocycles. The zero-order chi connectivity index (χ0) is 25.4. The van der Waals surface area contributed by atoms with Gasteiger partial charge in [-0.05, 0) is 63.6 Å². The Labute approximate surface area is 214 Å². The number of aryl methyl sites for hydroxylation is 2. The Balaban J connectivity index is 1.72. The Morgan fingerprint density at radius 1 is 1.08 bits per heavy atom. The van der Waals surface area contributed by atoms with Crippen molar-refractivity contribution in [3.8, 4) is 16.9 Å². The maximum atomic E-state index is 5.92. The van der Waals surface area contributed by atoms with Crippen molar-refractivity contribution in [2.24, 2.45) is 5.92 Å². The summed E-state index contributed by atoms with van der Waals surface area (Å²) in [4.78, 5) is 4.91. The highest BCUT2D eigenvalue weighted by Crippen LogP contribution is 2.42. The number of benzene rings is 1. The standard InChI is InChI=1S/C30H39N3O3/c1-18-9-7-11-22(12-8-10-18)27-13-23-16-31-26-14-25(29-20(3)32-36-21(29)4)28(35-6)15-24(26)30(23)33(27)19(2)17-34-5/h13-16,18-19,22H,7-12,17H2,1-6H3. The Kier molecular flexibility index (Phi) is 7.07. The molecule has 1 aliphatic carbocycles. The highest BCUT2D eigenvalue weighted by atomic mass is 16.5. The molecule has 0 spiro atoms. The molecule has 1 atom stereocenters. The van der Waals surface area contributed by atoms with Gasteiger partial charge in [0, 0.05) is 35.3 Å². The van der Waals surface area contributed by atoms with Gasteiger partial charge in [0.2, 0.25) is 0 Å². The van der Waals surface area contributed by atoms with Gasteiger partial charge in [-0.3, -0.25) is 4.98 Å². The maximum absolute atomic E-state index is 5.92. The third-order valence-electron chi connectivity index (χ3n) is 8.08. The van der Waals surface area contributed by atoms with Crippen molar-refractivity contribution in [1.82, 2.24) is 14.7 Å². The molecule has 0 bridgehead atoms. The van der Waals surface area contributed by atoms with Crippen molar-refractivity contribution in [1.29, 1.82) is 0 Å². The summed E-state index contributed by atoms with van der Waals surface area (Å²) < 4.78 is 19.6. The summed E-state index contributed by atoms with van der Waals surface area (Å²) in [7, 11) is 3.52. The highest BCUT2D eigenvalue weighted by molar-refractivity contribution is 6.06. The fourth-order valence-corrected chi connectivity index (χ4v) is 6.30. The van der Waals surface area contributed by atoms with Crippen LogP contribution in [0.4, 0.5) is 0 Å². The van der Waals surface area contributed by atoms with E-state index in [2.05, 4.69) is 41.8 Å². The predicted molar refractivity (Wildman–Crippen MR) is 145 cm³/mol. The Bertz CT molecular complexity index is 1340. The molecule has 36 heavy (non-hydrogen) atoms. The van der Waals surface area contributed by atoms with Crippen molar-refractivity contribution in [2.75, 3.05) is 20.8 Å². The third-order valence-corrected chi connectivity index (χ3v) is 8.08. The van der Waals surface area contributed by atoms with Crippen LogP contribution < -0.4 is 4.74 Å². The molecule has 0 amide bonds. The summed E-state index contributed by atoms with van der Waals surface area (Å²) >= 11 is 0. The van der Waals surface area contributed by atoms with E-state index >= 15 is 0 Å². The number of pyridine rings is 1. The number of fused-ring (bicyclic) bond motifs is 3. The van der Waals surface area contributed by atoms with Gasteiger partial charge in [-0.25, -0.2) is 0 Å². The van der Waals surface area contributed by atoms with E-state index in [0.29, 0.717) is 12.5 Å². The lowest BCUT2D eigenvalue weighted by Crippen LogP contribution is -2.17. The molecule has 3 aromatic heterocycles. The van der Waals surface area contributed by atoms with Gasteiger partial charge >= 0.3 is 0 Å². The minimum atomic E-state index is 0.214. The van der Waals surface area contributed by atoms with Gasteiger partial charge in [-0.1, -0.05) is 37.8 Å². The molecule has 4 aromatic rings. The molecular formula is C30H39N3O3. The second kappa shape index (κ2) is 10.3. The summed E-state index contributed by atoms with van der Waals surface area (Å²) in [6.07, 6.45) is 9.76. The zero-order valence-corrected chi connectivity index (χ0v) is 22.6. The minimum absolute atomic E-state index is 0.214. The molecule has 0 aliphatic heterocycles. The molecule has 0 N–H and O–H groups in total. The van der Waals surface area contributed by atoms with Crippen LogP contribution in [0.5, 0.6) is 5.75 Å². The normalized spacial score (nSPS) is 19.9. The van der Waals surface area contributed by atoms with E-state index in [9.17, 15) is 0 Å². The predicted octanol–water partition coefficient (Wildman–Crippen LogP) is 7.75. The number of hydrogen-bond donors (Lipinski definition) is 0. The largest absolute Gasteiger partial charge is 0.496 e. The van der Waals surface area contributed by atoms with Crippen molar-refractivity contribution < 1.29 is 14.0 Å². The fraction of sp³-hybridized carbons (Fsp3) is 0.533. The van der Waals surface area contributed by atoms with Crippen LogP contribution >= 0.6 is 0 Å². The van der Waals surface area contributed by atoms with Crippen molar-refractivity contribution in [3.05, 3.63) is 41.5 Å². The van der Waals surface area contributed by atoms with E-state index < -0.39 is 0 Å². The second-order valence-corrected chi connectivity index (χ2v) is 10.7. The van der Waals surface area contributed by atoms with Crippen molar-refractivity contribution in [3.63, 3.8) is 0 Å². The first-order valence-electron chi connectivity index (χ1n) is 13.4. The topological polar surface area (TPSA) is 62.3 Å². The van der Waals surface area contributed by atoms with E-state index in [1.165, 1.54) is 55.1 Å². The first-order valence-corrected chi connectivity index (χ1v) is 13.4. The van der Waals surface area contributed by atoms with Crippen LogP contribution in [0, 0.1) is 19.8 Å². The smallest absolute Gasteiger partial charge is 0.141 e. The van der Waals surface area contributed by atoms with Crippen LogP contribution in [-0.2, 0) is 4.74 Å². The van der Waals surface area contributed by atoms with Crippen LogP contribution in [0.3, 0.4) is 0 Å². The Hall–Kier alpha value is -2.86. The molecule has 6 heteroatoms. The van der Waals surface area contributed by atoms with Gasteiger partial charge in [0.25, 0.3) is 0 Å². The number of nitrogens with zero attached hydrogens (tertiary/aromatic N) is 3. The molecule has 0 saturated heterocycles. The minimum Gasteiger partial charge on any atom is -0.496 e. The van der Waals surface area contributed by atoms with Crippen LogP contribution in [0.25, 0.3) is 32.9 Å². The summed E-state index contributed by atoms with van der Waals surface area (Å²) in [5, 5.41) is 6.45. The lowest BCUT2D eigenvalue weighted by Gasteiger charge is -2.27. The molecule has 1 aliphatic rings. The van der Waals surface area contributed by atoms with E-state index in [0.717, 1.165) is 45.2 Å². The summed E-state index contributed by atoms with van der Waals surface area (Å²) in [6.45, 7) is 9.23. The molecule has 1 aromatic carbocycles. The fourth-order valence-electron chi connectivity index (χ4n) is 6.30. The quantitative estimate of drug-likeness (QED) is 0.277. The van der Waals surface area contributed by atoms with Gasteiger partial charge in [-0.15, -0.1) is 0 Å². The summed E-state index contributed by atoms with van der Waals surface area (Å²) in [6, 6.07) is 6.87. The van der Waals surface area contributed by atoms with Gasteiger partial charge < -0.3 is 18.6 Å². The monoisotopic (exact) mass is 489 g/mol. The number of ether oxygens (including phenoxy) is 2. The average molecular weight is 490 g/mol. The van der Waals surface area contributed by atoms with Gasteiger partial charge in [0.1, 0.15) is 11.5 Å². The molecule has 1 fully saturated rings. The van der Waals surface area contributed by atoms with Crippen LogP contribution in [0.1, 0.15) is 81.5 Å². The number of hydrogen-bond acceptors (Lipinski definition) is 5. The van der Waals surface area contributed by atoms with E-state index in [1.807, 2.05) is 20.0 Å². The van der Waals surface area contributed by atoms with Crippen LogP contribution in [0.15, 0.2) is 28.9 Å². The Morgan fingerprint density at radius 3 is 2.47 bits per heavy atom. The lowest BCUT2D eigenvalue weighted by atomic mass is 9.85. The van der Waals surface area contributed by atoms with E-state index in [4.69, 9.17) is 19.0 Å². The molecule has 1 saturated carbocycles. The SMILES string of the molecule is COCC(C)n1c(C2CCCC(C)CCC2)cc2cnc3cc(-c4c(C)noc4C)c(OC)cc3c21. The number of methoxy groups -OCH3 is 2. The molecular weight excluding hydrogens is 450 g/mol. The molecule has 0 radical (unpaired) electrons. The van der Waals surface area contributed by atoms with Gasteiger partial charge in [-0.2, -0.15) is 0 Å². The number of rotatable bonds is 6. The maximum Gasteiger partial charge on any atom is 0.141 e. The lowest BCUT2D eigenvalue weighted by molar-refractivity contribution is 0.162. The van der Waals surface area contributed by atoms with Crippen LogP contribution in [-0.4, -0.2) is 35.5 Å². The highest BCUT2D eigenvalue weighted by Gasteiger charge is 2.25. The number of aromatic nitrogens is 3. The van der Waals surface area contributed by atoms with E-state index in [-0.39, 0.29) is 6.04 Å².